The van der Waals surface area contributed by atoms with Gasteiger partial charge in [-0.3, -0.25) is 4.79 Å². The number of hydrogen-bond acceptors (Lipinski definition) is 3. The van der Waals surface area contributed by atoms with Gasteiger partial charge >= 0.3 is 0 Å². The van der Waals surface area contributed by atoms with E-state index in [1.165, 1.54) is 6.92 Å². The number of benzene rings is 1. The molecule has 1 amide bonds. The van der Waals surface area contributed by atoms with Crippen LogP contribution in [0.3, 0.4) is 0 Å². The number of carbonyl (C=O) groups is 1. The molecule has 1 aliphatic rings. The van der Waals surface area contributed by atoms with Crippen LogP contribution in [-0.4, -0.2) is 23.7 Å². The van der Waals surface area contributed by atoms with Crippen LogP contribution in [0.15, 0.2) is 18.2 Å². The molecule has 0 saturated carbocycles. The van der Waals surface area contributed by atoms with Gasteiger partial charge in [0.1, 0.15) is 11.9 Å². The van der Waals surface area contributed by atoms with Crippen LogP contribution in [0.1, 0.15) is 25.0 Å². The molecule has 1 aromatic carbocycles. The fraction of sp³-hybridized carbons (Fsp3) is 0.417. The Kier molecular flexibility index (Phi) is 3.54. The predicted octanol–water partition coefficient (Wildman–Crippen LogP) is 1.66. The summed E-state index contributed by atoms with van der Waals surface area (Å²) in [7, 11) is 0. The Morgan fingerprint density at radius 1 is 1.59 bits per heavy atom. The molecule has 0 fully saturated rings. The number of amides is 1. The molecule has 0 saturated heterocycles. The van der Waals surface area contributed by atoms with Crippen LogP contribution >= 0.6 is 11.6 Å². The van der Waals surface area contributed by atoms with Crippen LogP contribution in [0, 0.1) is 0 Å². The maximum atomic E-state index is 11.1. The van der Waals surface area contributed by atoms with E-state index in [0.29, 0.717) is 29.4 Å². The second-order valence-electron chi connectivity index (χ2n) is 4.07. The Morgan fingerprint density at radius 3 is 3.06 bits per heavy atom. The van der Waals surface area contributed by atoms with Crippen LogP contribution < -0.4 is 10.1 Å². The zero-order chi connectivity index (χ0) is 12.4. The van der Waals surface area contributed by atoms with Gasteiger partial charge < -0.3 is 15.2 Å². The maximum Gasteiger partial charge on any atom is 0.217 e. The van der Waals surface area contributed by atoms with Crippen molar-refractivity contribution in [2.45, 2.75) is 25.5 Å². The minimum absolute atomic E-state index is 0.167. The summed E-state index contributed by atoms with van der Waals surface area (Å²) < 4.78 is 5.52. The summed E-state index contributed by atoms with van der Waals surface area (Å²) in [5.41, 5.74) is 0.619. The third kappa shape index (κ3) is 2.70. The number of halogens is 1. The second kappa shape index (κ2) is 4.94. The van der Waals surface area contributed by atoms with Crippen molar-refractivity contribution >= 4 is 17.5 Å². The molecule has 0 aromatic heterocycles. The first kappa shape index (κ1) is 12.2. The number of nitrogens with one attached hydrogen (secondary N) is 1. The Labute approximate surface area is 105 Å². The Bertz CT molecular complexity index is 436. The minimum atomic E-state index is -0.796. The minimum Gasteiger partial charge on any atom is -0.493 e. The lowest BCUT2D eigenvalue weighted by Gasteiger charge is -2.21. The number of carbonyl (C=O) groups excluding carboxylic acids is 1. The summed E-state index contributed by atoms with van der Waals surface area (Å²) in [5.74, 6) is 0.453. The number of fused-ring (bicyclic) bond motifs is 1. The molecule has 0 spiro atoms. The summed E-state index contributed by atoms with van der Waals surface area (Å²) in [6.07, 6.45) is -0.234. The highest BCUT2D eigenvalue weighted by Gasteiger charge is 2.27. The fourth-order valence-corrected chi connectivity index (χ4v) is 2.15. The van der Waals surface area contributed by atoms with E-state index in [2.05, 4.69) is 5.32 Å². The van der Waals surface area contributed by atoms with E-state index >= 15 is 0 Å². The number of rotatable bonds is 1. The van der Waals surface area contributed by atoms with Gasteiger partial charge in [0.15, 0.2) is 0 Å². The lowest BCUT2D eigenvalue weighted by Crippen LogP contribution is -2.38. The summed E-state index contributed by atoms with van der Waals surface area (Å²) in [4.78, 5) is 11.1. The van der Waals surface area contributed by atoms with E-state index < -0.39 is 6.10 Å². The predicted molar refractivity (Wildman–Crippen MR) is 64.1 cm³/mol. The van der Waals surface area contributed by atoms with Gasteiger partial charge in [0, 0.05) is 23.9 Å². The summed E-state index contributed by atoms with van der Waals surface area (Å²) in [6, 6.07) is 4.78. The summed E-state index contributed by atoms with van der Waals surface area (Å²) >= 11 is 5.89. The molecule has 92 valence electrons. The normalized spacial score (nSPS) is 23.2. The van der Waals surface area contributed by atoms with E-state index in [1.807, 2.05) is 0 Å². The van der Waals surface area contributed by atoms with Crippen LogP contribution in [0.25, 0.3) is 0 Å². The number of hydrogen-bond donors (Lipinski definition) is 2. The smallest absolute Gasteiger partial charge is 0.217 e. The number of aliphatic hydroxyl groups excluding tert-OH is 1. The highest BCUT2D eigenvalue weighted by atomic mass is 35.5. The first-order valence-corrected chi connectivity index (χ1v) is 5.83. The van der Waals surface area contributed by atoms with E-state index in [1.54, 1.807) is 18.2 Å². The van der Waals surface area contributed by atoms with Crippen LogP contribution in [0.5, 0.6) is 5.75 Å². The van der Waals surface area contributed by atoms with Gasteiger partial charge in [-0.1, -0.05) is 11.6 Å². The standard InChI is InChI=1S/C12H14ClNO3/c1-7(15)14-10-4-5-17-11-3-2-8(13)6-9(11)12(10)16/h2-3,6,10,12,16H,4-5H2,1H3,(H,14,15). The molecule has 2 N–H and O–H groups in total. The molecule has 1 aliphatic heterocycles. The van der Waals surface area contributed by atoms with Crippen LogP contribution in [0.4, 0.5) is 0 Å². The topological polar surface area (TPSA) is 58.6 Å². The molecule has 1 heterocycles. The third-order valence-corrected chi connectivity index (χ3v) is 2.98. The van der Waals surface area contributed by atoms with E-state index in [4.69, 9.17) is 16.3 Å². The Hall–Kier alpha value is -1.26. The third-order valence-electron chi connectivity index (χ3n) is 2.75. The molecule has 2 atom stereocenters. The Balaban J connectivity index is 2.31. The van der Waals surface area contributed by atoms with E-state index in [-0.39, 0.29) is 11.9 Å². The molecular weight excluding hydrogens is 242 g/mol. The van der Waals surface area contributed by atoms with Gasteiger partial charge in [-0.05, 0) is 18.2 Å². The highest BCUT2D eigenvalue weighted by molar-refractivity contribution is 6.30. The SMILES string of the molecule is CC(=O)NC1CCOc2ccc(Cl)cc2C1O. The molecule has 2 rings (SSSR count). The van der Waals surface area contributed by atoms with Gasteiger partial charge in [0.25, 0.3) is 0 Å². The second-order valence-corrected chi connectivity index (χ2v) is 4.51. The van der Waals surface area contributed by atoms with Gasteiger partial charge in [0.05, 0.1) is 12.6 Å². The monoisotopic (exact) mass is 255 g/mol. The average molecular weight is 256 g/mol. The lowest BCUT2D eigenvalue weighted by atomic mass is 10.0. The molecule has 0 radical (unpaired) electrons. The lowest BCUT2D eigenvalue weighted by molar-refractivity contribution is -0.120. The van der Waals surface area contributed by atoms with E-state index in [9.17, 15) is 9.90 Å². The van der Waals surface area contributed by atoms with Gasteiger partial charge in [-0.25, -0.2) is 0 Å². The van der Waals surface area contributed by atoms with Gasteiger partial charge in [0.2, 0.25) is 5.91 Å². The fourth-order valence-electron chi connectivity index (χ4n) is 1.96. The van der Waals surface area contributed by atoms with Crippen LogP contribution in [0.2, 0.25) is 5.02 Å². The van der Waals surface area contributed by atoms with Crippen LogP contribution in [-0.2, 0) is 4.79 Å². The number of aliphatic hydroxyl groups is 1. The largest absolute Gasteiger partial charge is 0.493 e. The molecule has 17 heavy (non-hydrogen) atoms. The first-order chi connectivity index (χ1) is 8.08. The maximum absolute atomic E-state index is 11.1. The molecule has 5 heteroatoms. The van der Waals surface area contributed by atoms with Gasteiger partial charge in [-0.2, -0.15) is 0 Å². The zero-order valence-corrected chi connectivity index (χ0v) is 10.2. The van der Waals surface area contributed by atoms with Crippen molar-refractivity contribution in [1.82, 2.24) is 5.32 Å². The van der Waals surface area contributed by atoms with Crippen molar-refractivity contribution in [3.8, 4) is 5.75 Å². The highest BCUT2D eigenvalue weighted by Crippen LogP contribution is 2.33. The van der Waals surface area contributed by atoms with Crippen molar-refractivity contribution in [3.63, 3.8) is 0 Å². The quantitative estimate of drug-likeness (QED) is 0.802. The van der Waals surface area contributed by atoms with Crippen molar-refractivity contribution in [3.05, 3.63) is 28.8 Å². The molecular formula is C12H14ClNO3. The zero-order valence-electron chi connectivity index (χ0n) is 9.44. The van der Waals surface area contributed by atoms with Crippen molar-refractivity contribution < 1.29 is 14.6 Å². The molecule has 0 bridgehead atoms. The Morgan fingerprint density at radius 2 is 2.35 bits per heavy atom. The number of ether oxygens (including phenoxy) is 1. The summed E-state index contributed by atoms with van der Waals surface area (Å²) in [5, 5.41) is 13.5. The molecule has 4 nitrogen and oxygen atoms in total. The molecule has 0 aliphatic carbocycles. The van der Waals surface area contributed by atoms with Crippen molar-refractivity contribution in [1.29, 1.82) is 0 Å². The van der Waals surface area contributed by atoms with Crippen molar-refractivity contribution in [2.75, 3.05) is 6.61 Å². The summed E-state index contributed by atoms with van der Waals surface area (Å²) in [6.45, 7) is 1.88. The molecule has 1 aromatic rings. The first-order valence-electron chi connectivity index (χ1n) is 5.45. The van der Waals surface area contributed by atoms with E-state index in [0.717, 1.165) is 0 Å². The molecule has 2 unspecified atom stereocenters. The van der Waals surface area contributed by atoms with Gasteiger partial charge in [-0.15, -0.1) is 0 Å². The average Bonchev–Trinajstić information content (AvgIpc) is 2.40. The van der Waals surface area contributed by atoms with Crippen molar-refractivity contribution in [2.24, 2.45) is 0 Å².